The Balaban J connectivity index is 1.70. The Morgan fingerprint density at radius 1 is 1.08 bits per heavy atom. The minimum Gasteiger partial charge on any atom is -0.335 e. The van der Waals surface area contributed by atoms with Gasteiger partial charge in [0.2, 0.25) is 0 Å². The molecular formula is C18H19FN6O. The first-order valence-electron chi connectivity index (χ1n) is 8.49. The first kappa shape index (κ1) is 16.6. The molecule has 1 aromatic carbocycles. The monoisotopic (exact) mass is 354 g/mol. The van der Waals surface area contributed by atoms with E-state index in [1.54, 1.807) is 27.7 Å². The van der Waals surface area contributed by atoms with Crippen LogP contribution in [-0.4, -0.2) is 68.7 Å². The predicted octanol–water partition coefficient (Wildman–Crippen LogP) is 1.63. The fourth-order valence-electron chi connectivity index (χ4n) is 3.14. The van der Waals surface area contributed by atoms with Crippen LogP contribution in [0.2, 0.25) is 0 Å². The Morgan fingerprint density at radius 3 is 2.46 bits per heavy atom. The molecule has 0 saturated carbocycles. The van der Waals surface area contributed by atoms with Gasteiger partial charge in [0, 0.05) is 31.7 Å². The molecule has 0 radical (unpaired) electrons. The van der Waals surface area contributed by atoms with E-state index in [-0.39, 0.29) is 11.7 Å². The zero-order chi connectivity index (χ0) is 18.3. The molecule has 4 rings (SSSR count). The molecule has 0 bridgehead atoms. The largest absolute Gasteiger partial charge is 0.335 e. The highest BCUT2D eigenvalue weighted by molar-refractivity contribution is 5.93. The number of benzene rings is 1. The summed E-state index contributed by atoms with van der Waals surface area (Å²) in [6, 6.07) is 6.13. The number of fused-ring (bicyclic) bond motifs is 1. The molecule has 1 amide bonds. The summed E-state index contributed by atoms with van der Waals surface area (Å²) in [4.78, 5) is 16.8. The van der Waals surface area contributed by atoms with Crippen LogP contribution in [0.25, 0.3) is 16.8 Å². The molecule has 1 aliphatic rings. The average Bonchev–Trinajstić information content (AvgIpc) is 3.08. The fourth-order valence-corrected chi connectivity index (χ4v) is 3.14. The summed E-state index contributed by atoms with van der Waals surface area (Å²) < 4.78 is 14.8. The smallest absolute Gasteiger partial charge is 0.276 e. The molecule has 0 aliphatic carbocycles. The van der Waals surface area contributed by atoms with Crippen LogP contribution in [0.4, 0.5) is 4.39 Å². The number of aryl methyl sites for hydroxylation is 1. The highest BCUT2D eigenvalue weighted by Crippen LogP contribution is 2.24. The van der Waals surface area contributed by atoms with Gasteiger partial charge in [-0.2, -0.15) is 5.10 Å². The third-order valence-corrected chi connectivity index (χ3v) is 4.80. The molecule has 3 aromatic rings. The van der Waals surface area contributed by atoms with E-state index in [1.807, 2.05) is 14.0 Å². The standard InChI is InChI=1S/C18H19FN6O/c1-12-16(18(26)24-9-7-23(2)8-10-24)21-22-17-15(11-20-25(12)17)13-3-5-14(19)6-4-13/h3-6,11H,7-10H2,1-2H3. The summed E-state index contributed by atoms with van der Waals surface area (Å²) in [6.45, 7) is 4.85. The Labute approximate surface area is 150 Å². The maximum atomic E-state index is 13.2. The van der Waals surface area contributed by atoms with Crippen molar-refractivity contribution in [1.82, 2.24) is 29.6 Å². The van der Waals surface area contributed by atoms with Crippen LogP contribution >= 0.6 is 0 Å². The molecule has 7 nitrogen and oxygen atoms in total. The van der Waals surface area contributed by atoms with Crippen LogP contribution in [0.1, 0.15) is 16.2 Å². The maximum absolute atomic E-state index is 13.2. The lowest BCUT2D eigenvalue weighted by Gasteiger charge is -2.32. The van der Waals surface area contributed by atoms with E-state index in [0.717, 1.165) is 24.2 Å². The Kier molecular flexibility index (Phi) is 4.12. The number of carbonyl (C=O) groups excluding carboxylic acids is 1. The van der Waals surface area contributed by atoms with E-state index in [1.165, 1.54) is 12.1 Å². The van der Waals surface area contributed by atoms with Gasteiger partial charge >= 0.3 is 0 Å². The number of carbonyl (C=O) groups is 1. The lowest BCUT2D eigenvalue weighted by molar-refractivity contribution is 0.0655. The highest BCUT2D eigenvalue weighted by Gasteiger charge is 2.25. The molecule has 1 aliphatic heterocycles. The van der Waals surface area contributed by atoms with Crippen LogP contribution in [-0.2, 0) is 0 Å². The number of aromatic nitrogens is 4. The van der Waals surface area contributed by atoms with Gasteiger partial charge in [0.05, 0.1) is 11.9 Å². The summed E-state index contributed by atoms with van der Waals surface area (Å²) in [5.41, 5.74) is 3.06. The van der Waals surface area contributed by atoms with Gasteiger partial charge in [-0.3, -0.25) is 4.79 Å². The van der Waals surface area contributed by atoms with Crippen LogP contribution in [0.5, 0.6) is 0 Å². The van der Waals surface area contributed by atoms with E-state index in [0.29, 0.717) is 30.1 Å². The lowest BCUT2D eigenvalue weighted by atomic mass is 10.1. The molecule has 0 spiro atoms. The van der Waals surface area contributed by atoms with E-state index in [9.17, 15) is 9.18 Å². The number of hydrogen-bond acceptors (Lipinski definition) is 5. The zero-order valence-electron chi connectivity index (χ0n) is 14.7. The highest BCUT2D eigenvalue weighted by atomic mass is 19.1. The minimum atomic E-state index is -0.299. The van der Waals surface area contributed by atoms with Gasteiger partial charge in [0.1, 0.15) is 5.82 Å². The molecule has 0 N–H and O–H groups in total. The summed E-state index contributed by atoms with van der Waals surface area (Å²) >= 11 is 0. The molecule has 0 atom stereocenters. The summed E-state index contributed by atoms with van der Waals surface area (Å²) in [5.74, 6) is -0.420. The second-order valence-corrected chi connectivity index (χ2v) is 6.53. The van der Waals surface area contributed by atoms with Gasteiger partial charge in [-0.15, -0.1) is 10.2 Å². The number of amides is 1. The normalized spacial score (nSPS) is 15.6. The van der Waals surface area contributed by atoms with E-state index in [2.05, 4.69) is 20.2 Å². The van der Waals surface area contributed by atoms with E-state index < -0.39 is 0 Å². The maximum Gasteiger partial charge on any atom is 0.276 e. The van der Waals surface area contributed by atoms with Crippen molar-refractivity contribution in [2.75, 3.05) is 33.2 Å². The first-order valence-corrected chi connectivity index (χ1v) is 8.49. The third-order valence-electron chi connectivity index (χ3n) is 4.80. The van der Waals surface area contributed by atoms with E-state index >= 15 is 0 Å². The number of rotatable bonds is 2. The fraction of sp³-hybridized carbons (Fsp3) is 0.333. The second-order valence-electron chi connectivity index (χ2n) is 6.53. The number of piperazine rings is 1. The number of nitrogens with zero attached hydrogens (tertiary/aromatic N) is 6. The van der Waals surface area contributed by atoms with Gasteiger partial charge in [-0.05, 0) is 31.7 Å². The molecule has 26 heavy (non-hydrogen) atoms. The molecule has 8 heteroatoms. The first-order chi connectivity index (χ1) is 12.5. The molecule has 2 aromatic heterocycles. The molecule has 1 fully saturated rings. The topological polar surface area (TPSA) is 66.6 Å². The molecule has 134 valence electrons. The SMILES string of the molecule is Cc1c(C(=O)N2CCN(C)CC2)nnc2c(-c3ccc(F)cc3)cnn12. The van der Waals surface area contributed by atoms with Crippen molar-refractivity contribution >= 4 is 11.6 Å². The van der Waals surface area contributed by atoms with Gasteiger partial charge < -0.3 is 9.80 Å². The van der Waals surface area contributed by atoms with Gasteiger partial charge in [-0.25, -0.2) is 8.91 Å². The average molecular weight is 354 g/mol. The van der Waals surface area contributed by atoms with Gasteiger partial charge in [0.15, 0.2) is 11.3 Å². The van der Waals surface area contributed by atoms with Crippen molar-refractivity contribution in [3.63, 3.8) is 0 Å². The van der Waals surface area contributed by atoms with Crippen LogP contribution in [0, 0.1) is 12.7 Å². The Bertz CT molecular complexity index is 960. The van der Waals surface area contributed by atoms with Crippen LogP contribution in [0.3, 0.4) is 0 Å². The molecular weight excluding hydrogens is 335 g/mol. The second kappa shape index (κ2) is 6.45. The van der Waals surface area contributed by atoms with E-state index in [4.69, 9.17) is 0 Å². The molecule has 1 saturated heterocycles. The number of halogens is 1. The van der Waals surface area contributed by atoms with Gasteiger partial charge in [0.25, 0.3) is 5.91 Å². The van der Waals surface area contributed by atoms with Gasteiger partial charge in [-0.1, -0.05) is 12.1 Å². The lowest BCUT2D eigenvalue weighted by Crippen LogP contribution is -2.47. The summed E-state index contributed by atoms with van der Waals surface area (Å²) in [5, 5.41) is 12.8. The third kappa shape index (κ3) is 2.82. The van der Waals surface area contributed by atoms with Crippen molar-refractivity contribution in [3.8, 4) is 11.1 Å². The van der Waals surface area contributed by atoms with Crippen molar-refractivity contribution in [2.45, 2.75) is 6.92 Å². The molecule has 3 heterocycles. The zero-order valence-corrected chi connectivity index (χ0v) is 14.7. The number of hydrogen-bond donors (Lipinski definition) is 0. The van der Waals surface area contributed by atoms with Crippen molar-refractivity contribution in [1.29, 1.82) is 0 Å². The Morgan fingerprint density at radius 2 is 1.77 bits per heavy atom. The minimum absolute atomic E-state index is 0.121. The van der Waals surface area contributed by atoms with Crippen LogP contribution < -0.4 is 0 Å². The predicted molar refractivity (Wildman–Crippen MR) is 94.3 cm³/mol. The Hall–Kier alpha value is -2.87. The summed E-state index contributed by atoms with van der Waals surface area (Å²) in [6.07, 6.45) is 1.66. The van der Waals surface area contributed by atoms with Crippen molar-refractivity contribution in [2.24, 2.45) is 0 Å². The van der Waals surface area contributed by atoms with Crippen molar-refractivity contribution in [3.05, 3.63) is 47.7 Å². The van der Waals surface area contributed by atoms with Crippen LogP contribution in [0.15, 0.2) is 30.5 Å². The number of likely N-dealkylation sites (N-methyl/N-ethyl adjacent to an activating group) is 1. The summed E-state index contributed by atoms with van der Waals surface area (Å²) in [7, 11) is 2.04. The quantitative estimate of drug-likeness (QED) is 0.700. The molecule has 0 unspecified atom stereocenters. The van der Waals surface area contributed by atoms with Crippen molar-refractivity contribution < 1.29 is 9.18 Å².